The molecule has 1 aliphatic rings. The molecule has 4 nitrogen and oxygen atoms in total. The van der Waals surface area contributed by atoms with Gasteiger partial charge in [-0.3, -0.25) is 9.59 Å². The van der Waals surface area contributed by atoms with Gasteiger partial charge >= 0.3 is 0 Å². The van der Waals surface area contributed by atoms with Crippen molar-refractivity contribution < 1.29 is 9.59 Å². The predicted molar refractivity (Wildman–Crippen MR) is 126 cm³/mol. The number of hydrogen-bond acceptors (Lipinski definition) is 2. The van der Waals surface area contributed by atoms with Gasteiger partial charge in [0.1, 0.15) is 6.04 Å². The maximum absolute atomic E-state index is 13.3. The van der Waals surface area contributed by atoms with Crippen molar-refractivity contribution in [2.24, 2.45) is 0 Å². The van der Waals surface area contributed by atoms with E-state index < -0.39 is 6.04 Å². The molecule has 2 aromatic carbocycles. The summed E-state index contributed by atoms with van der Waals surface area (Å²) in [4.78, 5) is 28.0. The van der Waals surface area contributed by atoms with Crippen LogP contribution in [-0.4, -0.2) is 28.8 Å². The Morgan fingerprint density at radius 3 is 2.35 bits per heavy atom. The van der Waals surface area contributed by atoms with Crippen molar-refractivity contribution >= 4 is 11.8 Å². The first-order valence-electron chi connectivity index (χ1n) is 11.6. The molecule has 1 unspecified atom stereocenters. The van der Waals surface area contributed by atoms with Crippen molar-refractivity contribution in [2.45, 2.75) is 84.3 Å². The topological polar surface area (TPSA) is 49.4 Å². The minimum Gasteiger partial charge on any atom is -0.352 e. The van der Waals surface area contributed by atoms with Crippen LogP contribution in [0.25, 0.3) is 0 Å². The number of benzene rings is 2. The fourth-order valence-corrected chi connectivity index (χ4v) is 4.31. The largest absolute Gasteiger partial charge is 0.352 e. The van der Waals surface area contributed by atoms with Crippen LogP contribution >= 0.6 is 0 Å². The zero-order valence-electron chi connectivity index (χ0n) is 19.2. The highest BCUT2D eigenvalue weighted by Gasteiger charge is 2.27. The van der Waals surface area contributed by atoms with Crippen molar-refractivity contribution in [1.29, 1.82) is 0 Å². The van der Waals surface area contributed by atoms with Crippen LogP contribution in [0.4, 0.5) is 0 Å². The minimum absolute atomic E-state index is 0.0216. The van der Waals surface area contributed by atoms with Crippen molar-refractivity contribution in [2.75, 3.05) is 0 Å². The lowest BCUT2D eigenvalue weighted by molar-refractivity contribution is -0.141. The molecule has 3 rings (SSSR count). The van der Waals surface area contributed by atoms with E-state index in [1.54, 1.807) is 4.90 Å². The van der Waals surface area contributed by atoms with E-state index in [-0.39, 0.29) is 17.9 Å². The third-order valence-electron chi connectivity index (χ3n) is 6.30. The quantitative estimate of drug-likeness (QED) is 0.646. The number of nitrogens with one attached hydrogen (secondary N) is 1. The van der Waals surface area contributed by atoms with Gasteiger partial charge in [0, 0.05) is 19.0 Å². The van der Waals surface area contributed by atoms with Gasteiger partial charge in [-0.2, -0.15) is 0 Å². The van der Waals surface area contributed by atoms with Crippen LogP contribution in [0.15, 0.2) is 48.5 Å². The van der Waals surface area contributed by atoms with Crippen LogP contribution in [0.5, 0.6) is 0 Å². The average molecular weight is 421 g/mol. The Morgan fingerprint density at radius 1 is 0.968 bits per heavy atom. The van der Waals surface area contributed by atoms with Gasteiger partial charge in [-0.05, 0) is 51.2 Å². The molecule has 1 fully saturated rings. The van der Waals surface area contributed by atoms with E-state index in [2.05, 4.69) is 42.6 Å². The lowest BCUT2D eigenvalue weighted by atomic mass is 9.95. The second kappa shape index (κ2) is 11.1. The van der Waals surface area contributed by atoms with Crippen LogP contribution in [-0.2, 0) is 22.6 Å². The van der Waals surface area contributed by atoms with Gasteiger partial charge in [0.15, 0.2) is 0 Å². The minimum atomic E-state index is -0.493. The number of carbonyl (C=O) groups is 2. The van der Waals surface area contributed by atoms with E-state index in [1.165, 1.54) is 24.8 Å². The Bertz CT molecular complexity index is 869. The zero-order chi connectivity index (χ0) is 22.2. The Balaban J connectivity index is 1.70. The molecule has 31 heavy (non-hydrogen) atoms. The third kappa shape index (κ3) is 6.95. The van der Waals surface area contributed by atoms with Crippen LogP contribution in [0.3, 0.4) is 0 Å². The third-order valence-corrected chi connectivity index (χ3v) is 6.30. The number of nitrogens with zero attached hydrogens (tertiary/aromatic N) is 1. The summed E-state index contributed by atoms with van der Waals surface area (Å²) in [6, 6.07) is 16.2. The summed E-state index contributed by atoms with van der Waals surface area (Å²) in [5.41, 5.74) is 4.57. The summed E-state index contributed by atoms with van der Waals surface area (Å²) < 4.78 is 0. The first kappa shape index (κ1) is 23.1. The summed E-state index contributed by atoms with van der Waals surface area (Å²) in [5.74, 6) is -0.0170. The summed E-state index contributed by atoms with van der Waals surface area (Å²) in [6.45, 7) is 6.42. The molecule has 0 aromatic heterocycles. The number of rotatable bonds is 8. The number of carbonyl (C=O) groups excluding carboxylic acids is 2. The lowest BCUT2D eigenvalue weighted by Gasteiger charge is -2.31. The Kier molecular flexibility index (Phi) is 8.27. The molecule has 0 bridgehead atoms. The highest BCUT2D eigenvalue weighted by molar-refractivity contribution is 5.87. The summed E-state index contributed by atoms with van der Waals surface area (Å²) in [5, 5.41) is 3.20. The fourth-order valence-electron chi connectivity index (χ4n) is 4.31. The molecular weight excluding hydrogens is 384 g/mol. The Labute approximate surface area is 187 Å². The van der Waals surface area contributed by atoms with E-state index in [4.69, 9.17) is 0 Å². The van der Waals surface area contributed by atoms with Gasteiger partial charge in [-0.15, -0.1) is 0 Å². The molecule has 2 aromatic rings. The van der Waals surface area contributed by atoms with Gasteiger partial charge in [0.05, 0.1) is 0 Å². The Hall–Kier alpha value is -2.62. The number of amides is 2. The molecule has 0 aliphatic heterocycles. The van der Waals surface area contributed by atoms with Gasteiger partial charge in [-0.1, -0.05) is 78.9 Å². The molecule has 0 heterocycles. The van der Waals surface area contributed by atoms with Gasteiger partial charge in [0.25, 0.3) is 0 Å². The summed E-state index contributed by atoms with van der Waals surface area (Å²) in [6.07, 6.45) is 6.74. The zero-order valence-corrected chi connectivity index (χ0v) is 19.2. The maximum Gasteiger partial charge on any atom is 0.242 e. The fraction of sp³-hybridized carbons (Fsp3) is 0.481. The standard InChI is InChI=1S/C27H36N2O2/c1-20-12-14-23(15-13-20)16-17-26(30)29(19-24-9-7-8-21(2)18-24)22(3)27(31)28-25-10-5-4-6-11-25/h7-9,12-15,18,22,25H,4-6,10-11,16-17,19H2,1-3H3,(H,28,31). The molecule has 0 radical (unpaired) electrons. The van der Waals surface area contributed by atoms with Crippen molar-refractivity contribution in [3.05, 3.63) is 70.8 Å². The second-order valence-corrected chi connectivity index (χ2v) is 9.02. The smallest absolute Gasteiger partial charge is 0.242 e. The predicted octanol–water partition coefficient (Wildman–Crippen LogP) is 5.10. The molecule has 1 saturated carbocycles. The number of aryl methyl sites for hydroxylation is 3. The van der Waals surface area contributed by atoms with Crippen LogP contribution < -0.4 is 5.32 Å². The molecule has 0 spiro atoms. The molecule has 1 atom stereocenters. The van der Waals surface area contributed by atoms with E-state index >= 15 is 0 Å². The van der Waals surface area contributed by atoms with E-state index in [1.807, 2.05) is 32.0 Å². The van der Waals surface area contributed by atoms with Gasteiger partial charge < -0.3 is 10.2 Å². The normalized spacial score (nSPS) is 15.3. The molecule has 2 amide bonds. The molecular formula is C27H36N2O2. The molecule has 1 aliphatic carbocycles. The Morgan fingerprint density at radius 2 is 1.68 bits per heavy atom. The van der Waals surface area contributed by atoms with Gasteiger partial charge in [0.2, 0.25) is 11.8 Å². The SMILES string of the molecule is Cc1ccc(CCC(=O)N(Cc2cccc(C)c2)C(C)C(=O)NC2CCCCC2)cc1. The molecule has 166 valence electrons. The van der Waals surface area contributed by atoms with Crippen molar-refractivity contribution in [3.8, 4) is 0 Å². The van der Waals surface area contributed by atoms with E-state index in [9.17, 15) is 9.59 Å². The van der Waals surface area contributed by atoms with E-state index in [0.717, 1.165) is 29.5 Å². The first-order valence-corrected chi connectivity index (χ1v) is 11.6. The number of hydrogen-bond donors (Lipinski definition) is 1. The average Bonchev–Trinajstić information content (AvgIpc) is 2.77. The first-order chi connectivity index (χ1) is 14.9. The van der Waals surface area contributed by atoms with E-state index in [0.29, 0.717) is 19.4 Å². The van der Waals surface area contributed by atoms with Crippen LogP contribution in [0.2, 0.25) is 0 Å². The lowest BCUT2D eigenvalue weighted by Crippen LogP contribution is -2.50. The van der Waals surface area contributed by atoms with Crippen molar-refractivity contribution in [3.63, 3.8) is 0 Å². The van der Waals surface area contributed by atoms with Crippen molar-refractivity contribution in [1.82, 2.24) is 10.2 Å². The molecule has 4 heteroatoms. The summed E-state index contributed by atoms with van der Waals surface area (Å²) in [7, 11) is 0. The summed E-state index contributed by atoms with van der Waals surface area (Å²) >= 11 is 0. The monoisotopic (exact) mass is 420 g/mol. The maximum atomic E-state index is 13.3. The molecule has 0 saturated heterocycles. The van der Waals surface area contributed by atoms with Gasteiger partial charge in [-0.25, -0.2) is 0 Å². The molecule has 1 N–H and O–H groups in total. The highest BCUT2D eigenvalue weighted by atomic mass is 16.2. The second-order valence-electron chi connectivity index (χ2n) is 9.02. The van der Waals surface area contributed by atoms with Crippen LogP contribution in [0, 0.1) is 13.8 Å². The van der Waals surface area contributed by atoms with Crippen LogP contribution in [0.1, 0.15) is 67.7 Å². The highest BCUT2D eigenvalue weighted by Crippen LogP contribution is 2.19.